The Bertz CT molecular complexity index is 106. The van der Waals surface area contributed by atoms with Crippen molar-refractivity contribution in [3.05, 3.63) is 0 Å². The Morgan fingerprint density at radius 3 is 2.25 bits per heavy atom. The molecule has 0 nitrogen and oxygen atoms in total. The molecule has 2 unspecified atom stereocenters. The van der Waals surface area contributed by atoms with Gasteiger partial charge in [0.2, 0.25) is 0 Å². The van der Waals surface area contributed by atoms with Crippen molar-refractivity contribution in [3.63, 3.8) is 0 Å². The smallest absolute Gasteiger partial charge is 0.0109 e. The first kappa shape index (κ1) is 4.21. The van der Waals surface area contributed by atoms with Crippen LogP contribution >= 0.6 is 11.8 Å². The van der Waals surface area contributed by atoms with E-state index in [2.05, 4.69) is 11.8 Å². The topological polar surface area (TPSA) is 0 Å². The van der Waals surface area contributed by atoms with E-state index in [0.717, 1.165) is 5.25 Å². The van der Waals surface area contributed by atoms with Crippen molar-refractivity contribution in [2.45, 2.75) is 18.1 Å². The fraction of sp³-hybridized carbons (Fsp3) is 1.00. The third-order valence-corrected chi connectivity index (χ3v) is 4.81. The van der Waals surface area contributed by atoms with E-state index in [4.69, 9.17) is 0 Å². The minimum absolute atomic E-state index is 1.16. The largest absolute Gasteiger partial charge is 0.158 e. The van der Waals surface area contributed by atoms with Crippen molar-refractivity contribution in [1.29, 1.82) is 0 Å². The Kier molecular flexibility index (Phi) is 0.584. The van der Waals surface area contributed by atoms with E-state index in [1.807, 2.05) is 0 Å². The summed E-state index contributed by atoms with van der Waals surface area (Å²) in [5, 5.41) is 1.16. The van der Waals surface area contributed by atoms with Gasteiger partial charge >= 0.3 is 0 Å². The van der Waals surface area contributed by atoms with Crippen LogP contribution in [0.15, 0.2) is 0 Å². The molecule has 0 amide bonds. The fourth-order valence-corrected chi connectivity index (χ4v) is 4.33. The molecule has 3 saturated carbocycles. The number of fused-ring (bicyclic) bond motifs is 2. The van der Waals surface area contributed by atoms with Gasteiger partial charge in [0.25, 0.3) is 0 Å². The van der Waals surface area contributed by atoms with Gasteiger partial charge in [0.1, 0.15) is 0 Å². The minimum atomic E-state index is 1.16. The van der Waals surface area contributed by atoms with Crippen LogP contribution in [0.2, 0.25) is 0 Å². The number of hydrogen-bond donors (Lipinski definition) is 0. The van der Waals surface area contributed by atoms with Gasteiger partial charge in [-0.15, -0.1) is 0 Å². The molecule has 5 rings (SSSR count). The van der Waals surface area contributed by atoms with E-state index in [1.165, 1.54) is 23.5 Å². The highest BCUT2D eigenvalue weighted by atomic mass is 32.2. The van der Waals surface area contributed by atoms with Gasteiger partial charge in [-0.1, -0.05) is 0 Å². The van der Waals surface area contributed by atoms with Gasteiger partial charge in [0.15, 0.2) is 0 Å². The van der Waals surface area contributed by atoms with Crippen LogP contribution in [0.1, 0.15) is 12.8 Å². The lowest BCUT2D eigenvalue weighted by Gasteiger charge is -2.67. The predicted molar refractivity (Wildman–Crippen MR) is 36.0 cm³/mol. The monoisotopic (exact) mass is 126 g/mol. The summed E-state index contributed by atoms with van der Waals surface area (Å²) in [4.78, 5) is 0. The van der Waals surface area contributed by atoms with E-state index < -0.39 is 0 Å². The molecule has 44 valence electrons. The summed E-state index contributed by atoms with van der Waals surface area (Å²) in [6, 6.07) is 0. The molecule has 0 aromatic carbocycles. The Morgan fingerprint density at radius 1 is 1.12 bits per heavy atom. The van der Waals surface area contributed by atoms with Crippen molar-refractivity contribution in [2.24, 2.45) is 17.8 Å². The summed E-state index contributed by atoms with van der Waals surface area (Å²) in [7, 11) is 0. The van der Waals surface area contributed by atoms with Crippen LogP contribution in [0.25, 0.3) is 0 Å². The first-order chi connectivity index (χ1) is 3.97. The molecule has 0 radical (unpaired) electrons. The van der Waals surface area contributed by atoms with Gasteiger partial charge in [-0.05, 0) is 36.3 Å². The van der Waals surface area contributed by atoms with Crippen molar-refractivity contribution in [2.75, 3.05) is 5.75 Å². The zero-order chi connectivity index (χ0) is 5.14. The van der Waals surface area contributed by atoms with E-state index in [-0.39, 0.29) is 0 Å². The molecule has 2 heterocycles. The fourth-order valence-electron chi connectivity index (χ4n) is 2.53. The molecule has 8 heavy (non-hydrogen) atoms. The molecular formula is C7H10S. The molecule has 0 N–H and O–H groups in total. The second kappa shape index (κ2) is 1.11. The highest BCUT2D eigenvalue weighted by molar-refractivity contribution is 8.00. The molecular weight excluding hydrogens is 116 g/mol. The number of hydrogen-bond acceptors (Lipinski definition) is 1. The van der Waals surface area contributed by atoms with E-state index in [0.29, 0.717) is 0 Å². The summed E-state index contributed by atoms with van der Waals surface area (Å²) in [6.45, 7) is 0. The summed E-state index contributed by atoms with van der Waals surface area (Å²) in [6.07, 6.45) is 3.15. The van der Waals surface area contributed by atoms with Gasteiger partial charge in [-0.2, -0.15) is 11.8 Å². The molecule has 5 fully saturated rings. The minimum Gasteiger partial charge on any atom is -0.158 e. The van der Waals surface area contributed by atoms with Crippen LogP contribution < -0.4 is 0 Å². The summed E-state index contributed by atoms with van der Waals surface area (Å²) in [5.41, 5.74) is 0. The maximum atomic E-state index is 2.24. The Labute approximate surface area is 54.0 Å². The van der Waals surface area contributed by atoms with Gasteiger partial charge in [0, 0.05) is 5.25 Å². The van der Waals surface area contributed by atoms with Crippen molar-refractivity contribution >= 4 is 11.8 Å². The van der Waals surface area contributed by atoms with E-state index in [1.54, 1.807) is 12.8 Å². The lowest BCUT2D eigenvalue weighted by molar-refractivity contribution is -0.0765. The second-order valence-corrected chi connectivity index (χ2v) is 4.64. The van der Waals surface area contributed by atoms with Crippen LogP contribution in [-0.4, -0.2) is 11.0 Å². The maximum Gasteiger partial charge on any atom is 0.0109 e. The quantitative estimate of drug-likeness (QED) is 0.476. The average Bonchev–Trinajstić information content (AvgIpc) is 1.61. The SMILES string of the molecule is C1CC2C3CC2C3S1. The molecule has 5 aliphatic rings. The third kappa shape index (κ3) is 0.262. The molecule has 2 saturated heterocycles. The average molecular weight is 126 g/mol. The van der Waals surface area contributed by atoms with Gasteiger partial charge in [0.05, 0.1) is 0 Å². The first-order valence-corrected chi connectivity index (χ1v) is 4.63. The molecule has 4 bridgehead atoms. The third-order valence-electron chi connectivity index (χ3n) is 3.25. The molecule has 0 aromatic heterocycles. The standard InChI is InChI=1S/C7H10S/c1-2-8-7-5-3-6(7)4(1)5/h4-7H,1-3H2. The molecule has 2 aliphatic heterocycles. The molecule has 3 aliphatic carbocycles. The van der Waals surface area contributed by atoms with Crippen LogP contribution in [0, 0.1) is 17.8 Å². The van der Waals surface area contributed by atoms with Crippen LogP contribution in [0.4, 0.5) is 0 Å². The van der Waals surface area contributed by atoms with E-state index in [9.17, 15) is 0 Å². The van der Waals surface area contributed by atoms with Gasteiger partial charge in [-0.25, -0.2) is 0 Å². The van der Waals surface area contributed by atoms with Gasteiger partial charge in [-0.3, -0.25) is 0 Å². The van der Waals surface area contributed by atoms with Crippen LogP contribution in [0.3, 0.4) is 0 Å². The first-order valence-electron chi connectivity index (χ1n) is 3.58. The molecule has 0 spiro atoms. The Hall–Kier alpha value is 0.350. The lowest BCUT2D eigenvalue weighted by Crippen LogP contribution is -2.64. The van der Waals surface area contributed by atoms with E-state index >= 15 is 0 Å². The maximum absolute atomic E-state index is 2.24. The zero-order valence-electron chi connectivity index (χ0n) is 4.84. The summed E-state index contributed by atoms with van der Waals surface area (Å²) in [5.74, 6) is 5.11. The molecule has 1 heteroatoms. The summed E-state index contributed by atoms with van der Waals surface area (Å²) >= 11 is 2.24. The predicted octanol–water partition coefficient (Wildman–Crippen LogP) is 1.76. The summed E-state index contributed by atoms with van der Waals surface area (Å²) < 4.78 is 0. The molecule has 0 aromatic rings. The normalized spacial score (nSPS) is 66.0. The van der Waals surface area contributed by atoms with Crippen molar-refractivity contribution in [3.8, 4) is 0 Å². The molecule has 2 atom stereocenters. The second-order valence-electron chi connectivity index (χ2n) is 3.35. The Balaban J connectivity index is 1.91. The Morgan fingerprint density at radius 2 is 2.00 bits per heavy atom. The van der Waals surface area contributed by atoms with Crippen LogP contribution in [-0.2, 0) is 0 Å². The van der Waals surface area contributed by atoms with Crippen molar-refractivity contribution in [1.82, 2.24) is 0 Å². The highest BCUT2D eigenvalue weighted by Crippen LogP contribution is 2.67. The van der Waals surface area contributed by atoms with Crippen LogP contribution in [0.5, 0.6) is 0 Å². The lowest BCUT2D eigenvalue weighted by atomic mass is 9.46. The number of thioether (sulfide) groups is 1. The number of rotatable bonds is 0. The highest BCUT2D eigenvalue weighted by Gasteiger charge is 2.62. The van der Waals surface area contributed by atoms with Gasteiger partial charge < -0.3 is 0 Å². The zero-order valence-corrected chi connectivity index (χ0v) is 5.66. The van der Waals surface area contributed by atoms with Crippen molar-refractivity contribution < 1.29 is 0 Å².